The zero-order chi connectivity index (χ0) is 20.3. The summed E-state index contributed by atoms with van der Waals surface area (Å²) in [6.07, 6.45) is 2.10. The van der Waals surface area contributed by atoms with Gasteiger partial charge in [-0.25, -0.2) is 13.1 Å². The van der Waals surface area contributed by atoms with E-state index in [4.69, 9.17) is 0 Å². The van der Waals surface area contributed by atoms with E-state index in [9.17, 15) is 18.0 Å². The standard InChI is InChI=1S/C19H27N3O4S2/c1-3-21(4-2)19(24)17-12-27-13-22(17)18(23)15-6-5-7-16(10-15)28(25,26)20-11-14-8-9-14/h5-7,10,14,17,20H,3-4,8-9,11-13H2,1-2H3/t17-/m1/s1. The number of thioether (sulfide) groups is 1. The molecule has 0 unspecified atom stereocenters. The Bertz CT molecular complexity index is 835. The summed E-state index contributed by atoms with van der Waals surface area (Å²) in [5, 5.41) is 0. The molecular formula is C19H27N3O4S2. The van der Waals surface area contributed by atoms with Crippen LogP contribution in [0.5, 0.6) is 0 Å². The second-order valence-corrected chi connectivity index (χ2v) is 9.89. The van der Waals surface area contributed by atoms with Crippen LogP contribution < -0.4 is 4.72 Å². The van der Waals surface area contributed by atoms with Gasteiger partial charge in [0.05, 0.1) is 10.8 Å². The molecule has 1 saturated heterocycles. The lowest BCUT2D eigenvalue weighted by molar-refractivity contribution is -0.134. The Kier molecular flexibility index (Phi) is 6.67. The Morgan fingerprint density at radius 1 is 1.25 bits per heavy atom. The van der Waals surface area contributed by atoms with Gasteiger partial charge in [-0.15, -0.1) is 11.8 Å². The second-order valence-electron chi connectivity index (χ2n) is 7.12. The van der Waals surface area contributed by atoms with E-state index in [2.05, 4.69) is 4.72 Å². The summed E-state index contributed by atoms with van der Waals surface area (Å²) in [4.78, 5) is 29.1. The first kappa shape index (κ1) is 21.1. The predicted molar refractivity (Wildman–Crippen MR) is 110 cm³/mol. The van der Waals surface area contributed by atoms with Crippen molar-refractivity contribution in [3.63, 3.8) is 0 Å². The number of likely N-dealkylation sites (N-methyl/N-ethyl adjacent to an activating group) is 1. The molecule has 1 heterocycles. The number of sulfonamides is 1. The van der Waals surface area contributed by atoms with E-state index in [0.717, 1.165) is 12.8 Å². The van der Waals surface area contributed by atoms with Gasteiger partial charge in [0.25, 0.3) is 5.91 Å². The third-order valence-electron chi connectivity index (χ3n) is 5.15. The van der Waals surface area contributed by atoms with E-state index in [-0.39, 0.29) is 22.3 Å². The molecule has 1 aliphatic heterocycles. The van der Waals surface area contributed by atoms with Crippen LogP contribution in [0.25, 0.3) is 0 Å². The van der Waals surface area contributed by atoms with Crippen LogP contribution in [0.1, 0.15) is 37.0 Å². The van der Waals surface area contributed by atoms with Gasteiger partial charge in [0.2, 0.25) is 15.9 Å². The lowest BCUT2D eigenvalue weighted by atomic mass is 10.1. The van der Waals surface area contributed by atoms with Gasteiger partial charge >= 0.3 is 0 Å². The summed E-state index contributed by atoms with van der Waals surface area (Å²) in [5.74, 6) is 1.04. The highest BCUT2D eigenvalue weighted by atomic mass is 32.2. The highest BCUT2D eigenvalue weighted by Crippen LogP contribution is 2.28. The molecule has 0 radical (unpaired) electrons. The second kappa shape index (κ2) is 8.84. The molecule has 2 aliphatic rings. The maximum absolute atomic E-state index is 13.0. The fraction of sp³-hybridized carbons (Fsp3) is 0.579. The molecule has 2 amide bonds. The third kappa shape index (κ3) is 4.69. The number of nitrogens with one attached hydrogen (secondary N) is 1. The molecule has 1 N–H and O–H groups in total. The summed E-state index contributed by atoms with van der Waals surface area (Å²) >= 11 is 1.54. The molecule has 7 nitrogen and oxygen atoms in total. The van der Waals surface area contributed by atoms with Crippen molar-refractivity contribution in [1.82, 2.24) is 14.5 Å². The quantitative estimate of drug-likeness (QED) is 0.686. The van der Waals surface area contributed by atoms with E-state index in [0.29, 0.717) is 37.2 Å². The van der Waals surface area contributed by atoms with Crippen LogP contribution in [0.15, 0.2) is 29.2 Å². The Balaban J connectivity index is 1.77. The number of hydrogen-bond acceptors (Lipinski definition) is 5. The number of benzene rings is 1. The summed E-state index contributed by atoms with van der Waals surface area (Å²) in [6, 6.07) is 5.56. The first-order valence-corrected chi connectivity index (χ1v) is 12.3. The van der Waals surface area contributed by atoms with Gasteiger partial charge in [-0.2, -0.15) is 0 Å². The van der Waals surface area contributed by atoms with Crippen molar-refractivity contribution in [1.29, 1.82) is 0 Å². The van der Waals surface area contributed by atoms with Crippen molar-refractivity contribution in [3.8, 4) is 0 Å². The molecule has 3 rings (SSSR count). The zero-order valence-corrected chi connectivity index (χ0v) is 17.9. The van der Waals surface area contributed by atoms with Crippen molar-refractivity contribution in [3.05, 3.63) is 29.8 Å². The van der Waals surface area contributed by atoms with Gasteiger partial charge in [-0.3, -0.25) is 9.59 Å². The molecule has 1 atom stereocenters. The van der Waals surface area contributed by atoms with Crippen molar-refractivity contribution >= 4 is 33.6 Å². The summed E-state index contributed by atoms with van der Waals surface area (Å²) < 4.78 is 27.6. The monoisotopic (exact) mass is 425 g/mol. The van der Waals surface area contributed by atoms with Crippen molar-refractivity contribution in [2.24, 2.45) is 5.92 Å². The molecule has 2 fully saturated rings. The van der Waals surface area contributed by atoms with E-state index >= 15 is 0 Å². The van der Waals surface area contributed by atoms with E-state index in [1.807, 2.05) is 13.8 Å². The predicted octanol–water partition coefficient (Wildman–Crippen LogP) is 1.76. The number of nitrogens with zero attached hydrogens (tertiary/aromatic N) is 2. The molecule has 154 valence electrons. The Morgan fingerprint density at radius 3 is 2.61 bits per heavy atom. The lowest BCUT2D eigenvalue weighted by Crippen LogP contribution is -2.49. The van der Waals surface area contributed by atoms with Crippen LogP contribution in [0, 0.1) is 5.92 Å². The van der Waals surface area contributed by atoms with E-state index in [1.54, 1.807) is 21.9 Å². The van der Waals surface area contributed by atoms with Gasteiger partial charge in [0.15, 0.2) is 0 Å². The Hall–Kier alpha value is -1.58. The molecule has 28 heavy (non-hydrogen) atoms. The number of carbonyl (C=O) groups is 2. The molecule has 0 aromatic heterocycles. The first-order valence-electron chi connectivity index (χ1n) is 9.64. The van der Waals surface area contributed by atoms with Crippen LogP contribution in [0.2, 0.25) is 0 Å². The number of amides is 2. The smallest absolute Gasteiger partial charge is 0.255 e. The highest BCUT2D eigenvalue weighted by Gasteiger charge is 2.37. The van der Waals surface area contributed by atoms with Gasteiger partial charge in [0.1, 0.15) is 6.04 Å². The van der Waals surface area contributed by atoms with Gasteiger partial charge in [0, 0.05) is 31.0 Å². The minimum atomic E-state index is -3.65. The SMILES string of the molecule is CCN(CC)C(=O)[C@H]1CSCN1C(=O)c1cccc(S(=O)(=O)NCC2CC2)c1. The zero-order valence-electron chi connectivity index (χ0n) is 16.3. The molecule has 1 aliphatic carbocycles. The van der Waals surface area contributed by atoms with Gasteiger partial charge in [-0.05, 0) is 50.8 Å². The van der Waals surface area contributed by atoms with Gasteiger partial charge in [-0.1, -0.05) is 6.07 Å². The van der Waals surface area contributed by atoms with E-state index < -0.39 is 16.1 Å². The van der Waals surface area contributed by atoms with Crippen molar-refractivity contribution in [2.45, 2.75) is 37.6 Å². The fourth-order valence-electron chi connectivity index (χ4n) is 3.19. The molecule has 0 bridgehead atoms. The normalized spacial score (nSPS) is 19.6. The topological polar surface area (TPSA) is 86.8 Å². The summed E-state index contributed by atoms with van der Waals surface area (Å²) in [7, 11) is -3.65. The van der Waals surface area contributed by atoms with Crippen LogP contribution in [0.4, 0.5) is 0 Å². The lowest BCUT2D eigenvalue weighted by Gasteiger charge is -2.28. The molecule has 1 aromatic carbocycles. The average Bonchev–Trinajstić information content (AvgIpc) is 3.41. The molecule has 0 spiro atoms. The van der Waals surface area contributed by atoms with Crippen LogP contribution in [-0.4, -0.2) is 67.3 Å². The molecule has 1 saturated carbocycles. The largest absolute Gasteiger partial charge is 0.341 e. The number of hydrogen-bond donors (Lipinski definition) is 1. The third-order valence-corrected chi connectivity index (χ3v) is 7.59. The maximum Gasteiger partial charge on any atom is 0.255 e. The van der Waals surface area contributed by atoms with Crippen molar-refractivity contribution in [2.75, 3.05) is 31.3 Å². The van der Waals surface area contributed by atoms with Crippen LogP contribution in [-0.2, 0) is 14.8 Å². The number of rotatable bonds is 8. The highest BCUT2D eigenvalue weighted by molar-refractivity contribution is 7.99. The van der Waals surface area contributed by atoms with E-state index in [1.165, 1.54) is 23.9 Å². The summed E-state index contributed by atoms with van der Waals surface area (Å²) in [5.41, 5.74) is 0.286. The Morgan fingerprint density at radius 2 is 1.96 bits per heavy atom. The van der Waals surface area contributed by atoms with Crippen LogP contribution in [0.3, 0.4) is 0 Å². The molecular weight excluding hydrogens is 398 g/mol. The Labute approximate surface area is 170 Å². The minimum absolute atomic E-state index is 0.0572. The average molecular weight is 426 g/mol. The fourth-order valence-corrected chi connectivity index (χ4v) is 5.50. The first-order chi connectivity index (χ1) is 13.4. The minimum Gasteiger partial charge on any atom is -0.341 e. The molecule has 1 aromatic rings. The number of carbonyl (C=O) groups excluding carboxylic acids is 2. The molecule has 9 heteroatoms. The summed E-state index contributed by atoms with van der Waals surface area (Å²) in [6.45, 7) is 5.46. The van der Waals surface area contributed by atoms with Gasteiger partial charge < -0.3 is 9.80 Å². The maximum atomic E-state index is 13.0. The van der Waals surface area contributed by atoms with Crippen molar-refractivity contribution < 1.29 is 18.0 Å². The van der Waals surface area contributed by atoms with Crippen LogP contribution >= 0.6 is 11.8 Å².